The van der Waals surface area contributed by atoms with Gasteiger partial charge in [-0.3, -0.25) is 10.1 Å². The number of aromatic nitrogens is 1. The van der Waals surface area contributed by atoms with E-state index < -0.39 is 4.92 Å². The molecule has 0 saturated carbocycles. The summed E-state index contributed by atoms with van der Waals surface area (Å²) in [7, 11) is 0. The first-order valence-corrected chi connectivity index (χ1v) is 7.40. The van der Waals surface area contributed by atoms with E-state index in [1.54, 1.807) is 30.3 Å². The number of hydrogen-bond acceptors (Lipinski definition) is 5. The Kier molecular flexibility index (Phi) is 3.81. The van der Waals surface area contributed by atoms with E-state index in [0.29, 0.717) is 21.6 Å². The van der Waals surface area contributed by atoms with E-state index in [1.165, 1.54) is 23.9 Å². The highest BCUT2D eigenvalue weighted by atomic mass is 35.5. The summed E-state index contributed by atoms with van der Waals surface area (Å²) in [5.74, 6) is 0.624. The molecule has 21 heavy (non-hydrogen) atoms. The van der Waals surface area contributed by atoms with Crippen LogP contribution in [0.3, 0.4) is 0 Å². The lowest BCUT2D eigenvalue weighted by atomic mass is 10.2. The normalized spacial score (nSPS) is 10.9. The number of hydrogen-bond donors (Lipinski definition) is 0. The number of benzene rings is 2. The Morgan fingerprint density at radius 2 is 2.00 bits per heavy atom. The Balaban J connectivity index is 1.72. The molecule has 0 amide bonds. The predicted molar refractivity (Wildman–Crippen MR) is 81.7 cm³/mol. The molecule has 0 bridgehead atoms. The van der Waals surface area contributed by atoms with Crippen LogP contribution in [0.1, 0.15) is 5.56 Å². The van der Waals surface area contributed by atoms with Crippen molar-refractivity contribution in [1.29, 1.82) is 0 Å². The molecule has 106 valence electrons. The number of fused-ring (bicyclic) bond motifs is 1. The van der Waals surface area contributed by atoms with Gasteiger partial charge < -0.3 is 4.42 Å². The fourth-order valence-electron chi connectivity index (χ4n) is 1.80. The van der Waals surface area contributed by atoms with Crippen LogP contribution in [0.4, 0.5) is 5.69 Å². The van der Waals surface area contributed by atoms with Gasteiger partial charge in [0.25, 0.3) is 10.9 Å². The number of non-ortho nitro benzene ring substituents is 1. The van der Waals surface area contributed by atoms with Gasteiger partial charge in [-0.05, 0) is 17.7 Å². The minimum Gasteiger partial charge on any atom is -0.431 e. The third-order valence-electron chi connectivity index (χ3n) is 2.84. The van der Waals surface area contributed by atoms with Gasteiger partial charge >= 0.3 is 0 Å². The maximum Gasteiger partial charge on any atom is 0.269 e. The maximum absolute atomic E-state index is 10.6. The number of nitrogens with zero attached hydrogens (tertiary/aromatic N) is 2. The number of nitro benzene ring substituents is 1. The van der Waals surface area contributed by atoms with Gasteiger partial charge in [-0.2, -0.15) is 0 Å². The van der Waals surface area contributed by atoms with Crippen LogP contribution in [-0.2, 0) is 5.75 Å². The predicted octanol–water partition coefficient (Wildman–Crippen LogP) is 4.68. The lowest BCUT2D eigenvalue weighted by molar-refractivity contribution is -0.384. The number of halogens is 1. The summed E-state index contributed by atoms with van der Waals surface area (Å²) in [6.07, 6.45) is 0. The highest BCUT2D eigenvalue weighted by Crippen LogP contribution is 2.28. The van der Waals surface area contributed by atoms with Crippen LogP contribution < -0.4 is 0 Å². The molecule has 0 atom stereocenters. The van der Waals surface area contributed by atoms with Crippen LogP contribution in [0.25, 0.3) is 11.1 Å². The zero-order chi connectivity index (χ0) is 14.8. The molecule has 0 fully saturated rings. The molecule has 3 rings (SSSR count). The van der Waals surface area contributed by atoms with Crippen LogP contribution in [-0.4, -0.2) is 9.91 Å². The Bertz CT molecular complexity index is 802. The molecule has 0 radical (unpaired) electrons. The SMILES string of the molecule is O=[N+]([O-])c1ccc(CSc2nc3ccc(Cl)cc3o2)cc1. The molecule has 0 spiro atoms. The smallest absolute Gasteiger partial charge is 0.269 e. The standard InChI is InChI=1S/C14H9ClN2O3S/c15-10-3-6-12-13(7-10)20-14(16-12)21-8-9-1-4-11(5-2-9)17(18)19/h1-7H,8H2. The van der Waals surface area contributed by atoms with Crippen molar-refractivity contribution in [3.63, 3.8) is 0 Å². The first-order valence-electron chi connectivity index (χ1n) is 6.04. The summed E-state index contributed by atoms with van der Waals surface area (Å²) >= 11 is 7.32. The molecule has 3 aromatic rings. The minimum absolute atomic E-state index is 0.0836. The first-order chi connectivity index (χ1) is 10.1. The molecule has 0 aliphatic heterocycles. The van der Waals surface area contributed by atoms with E-state index in [1.807, 2.05) is 0 Å². The Morgan fingerprint density at radius 1 is 1.24 bits per heavy atom. The van der Waals surface area contributed by atoms with Crippen molar-refractivity contribution in [2.75, 3.05) is 0 Å². The van der Waals surface area contributed by atoms with E-state index in [4.69, 9.17) is 16.0 Å². The molecule has 1 heterocycles. The quantitative estimate of drug-likeness (QED) is 0.396. The van der Waals surface area contributed by atoms with Crippen LogP contribution >= 0.6 is 23.4 Å². The average molecular weight is 321 g/mol. The maximum atomic E-state index is 10.6. The molecule has 5 nitrogen and oxygen atoms in total. The number of nitro groups is 1. The third kappa shape index (κ3) is 3.17. The summed E-state index contributed by atoms with van der Waals surface area (Å²) in [4.78, 5) is 14.5. The topological polar surface area (TPSA) is 69.2 Å². The summed E-state index contributed by atoms with van der Waals surface area (Å²) in [5.41, 5.74) is 2.45. The highest BCUT2D eigenvalue weighted by Gasteiger charge is 2.08. The second kappa shape index (κ2) is 5.75. The van der Waals surface area contributed by atoms with Crippen molar-refractivity contribution in [2.45, 2.75) is 11.0 Å². The highest BCUT2D eigenvalue weighted by molar-refractivity contribution is 7.98. The Morgan fingerprint density at radius 3 is 2.71 bits per heavy atom. The van der Waals surface area contributed by atoms with E-state index in [0.717, 1.165) is 11.1 Å². The van der Waals surface area contributed by atoms with Gasteiger partial charge in [0.15, 0.2) is 5.58 Å². The molecular weight excluding hydrogens is 312 g/mol. The summed E-state index contributed by atoms with van der Waals surface area (Å²) < 4.78 is 5.59. The van der Waals surface area contributed by atoms with Crippen LogP contribution in [0.2, 0.25) is 5.02 Å². The second-order valence-corrected chi connectivity index (χ2v) is 5.67. The van der Waals surface area contributed by atoms with Gasteiger partial charge in [0.1, 0.15) is 5.52 Å². The van der Waals surface area contributed by atoms with Gasteiger partial charge in [-0.1, -0.05) is 35.5 Å². The van der Waals surface area contributed by atoms with E-state index >= 15 is 0 Å². The number of thioether (sulfide) groups is 1. The summed E-state index contributed by atoms with van der Waals surface area (Å²) in [6.45, 7) is 0. The molecule has 1 aromatic heterocycles. The van der Waals surface area contributed by atoms with Crippen molar-refractivity contribution in [1.82, 2.24) is 4.98 Å². The van der Waals surface area contributed by atoms with Crippen molar-refractivity contribution >= 4 is 40.1 Å². The van der Waals surface area contributed by atoms with Gasteiger partial charge in [0, 0.05) is 29.0 Å². The van der Waals surface area contributed by atoms with Crippen molar-refractivity contribution in [3.8, 4) is 0 Å². The number of oxazole rings is 1. The van der Waals surface area contributed by atoms with Crippen molar-refractivity contribution in [2.24, 2.45) is 0 Å². The van der Waals surface area contributed by atoms with Crippen LogP contribution in [0.5, 0.6) is 0 Å². The fourth-order valence-corrected chi connectivity index (χ4v) is 2.75. The van der Waals surface area contributed by atoms with E-state index in [9.17, 15) is 10.1 Å². The Labute approximate surface area is 129 Å². The molecule has 0 aliphatic rings. The van der Waals surface area contributed by atoms with Gasteiger partial charge in [0.05, 0.1) is 4.92 Å². The van der Waals surface area contributed by atoms with Gasteiger partial charge in [0.2, 0.25) is 0 Å². The monoisotopic (exact) mass is 320 g/mol. The molecule has 0 saturated heterocycles. The zero-order valence-electron chi connectivity index (χ0n) is 10.7. The lowest BCUT2D eigenvalue weighted by Crippen LogP contribution is -1.88. The first kappa shape index (κ1) is 13.9. The van der Waals surface area contributed by atoms with Crippen molar-refractivity contribution < 1.29 is 9.34 Å². The average Bonchev–Trinajstić information content (AvgIpc) is 2.87. The van der Waals surface area contributed by atoms with Crippen LogP contribution in [0, 0.1) is 10.1 Å². The summed E-state index contributed by atoms with van der Waals surface area (Å²) in [5, 5.41) is 11.7. The molecule has 0 unspecified atom stereocenters. The minimum atomic E-state index is -0.415. The molecule has 0 N–H and O–H groups in total. The van der Waals surface area contributed by atoms with Gasteiger partial charge in [-0.15, -0.1) is 0 Å². The van der Waals surface area contributed by atoms with E-state index in [-0.39, 0.29) is 5.69 Å². The molecule has 2 aromatic carbocycles. The fraction of sp³-hybridized carbons (Fsp3) is 0.0714. The van der Waals surface area contributed by atoms with Gasteiger partial charge in [-0.25, -0.2) is 4.98 Å². The Hall–Kier alpha value is -2.05. The van der Waals surface area contributed by atoms with Crippen molar-refractivity contribution in [3.05, 3.63) is 63.2 Å². The number of rotatable bonds is 4. The molecule has 7 heteroatoms. The summed E-state index contributed by atoms with van der Waals surface area (Å²) in [6, 6.07) is 11.7. The molecule has 0 aliphatic carbocycles. The second-order valence-electron chi connectivity index (χ2n) is 4.30. The van der Waals surface area contributed by atoms with Crippen LogP contribution in [0.15, 0.2) is 52.1 Å². The zero-order valence-corrected chi connectivity index (χ0v) is 12.2. The molecular formula is C14H9ClN2O3S. The van der Waals surface area contributed by atoms with E-state index in [2.05, 4.69) is 4.98 Å². The largest absolute Gasteiger partial charge is 0.431 e. The lowest BCUT2D eigenvalue weighted by Gasteiger charge is -1.98. The third-order valence-corrected chi connectivity index (χ3v) is 3.97.